The summed E-state index contributed by atoms with van der Waals surface area (Å²) in [5, 5.41) is 9.47. The third kappa shape index (κ3) is 3.22. The Morgan fingerprint density at radius 2 is 2.10 bits per heavy atom. The number of benzene rings is 1. The molecular formula is C14H18ClNO4S. The Balaban J connectivity index is 2.39. The minimum atomic E-state index is -3.90. The highest BCUT2D eigenvalue weighted by molar-refractivity contribution is 7.89. The number of piperidine rings is 1. The zero-order chi connectivity index (χ0) is 15.6. The maximum atomic E-state index is 12.7. The van der Waals surface area contributed by atoms with Crippen molar-refractivity contribution in [2.75, 3.05) is 6.54 Å². The number of sulfonamides is 1. The van der Waals surface area contributed by atoms with Gasteiger partial charge in [0, 0.05) is 6.54 Å². The summed E-state index contributed by atoms with van der Waals surface area (Å²) in [6, 6.07) is 5.09. The third-order valence-corrected chi connectivity index (χ3v) is 6.36. The number of hydrogen-bond donors (Lipinski definition) is 1. The fourth-order valence-corrected chi connectivity index (χ4v) is 4.78. The van der Waals surface area contributed by atoms with Gasteiger partial charge in [-0.05, 0) is 30.9 Å². The van der Waals surface area contributed by atoms with Gasteiger partial charge in [-0.1, -0.05) is 37.1 Å². The molecule has 1 aromatic carbocycles. The van der Waals surface area contributed by atoms with Gasteiger partial charge in [-0.15, -0.1) is 0 Å². The zero-order valence-electron chi connectivity index (χ0n) is 11.7. The molecule has 0 amide bonds. The molecule has 1 aromatic rings. The molecular weight excluding hydrogens is 314 g/mol. The second-order valence-electron chi connectivity index (χ2n) is 5.20. The molecule has 1 aliphatic heterocycles. The van der Waals surface area contributed by atoms with Crippen molar-refractivity contribution in [3.63, 3.8) is 0 Å². The van der Waals surface area contributed by atoms with Gasteiger partial charge in [-0.3, -0.25) is 4.79 Å². The topological polar surface area (TPSA) is 74.7 Å². The second-order valence-corrected chi connectivity index (χ2v) is 7.47. The maximum absolute atomic E-state index is 12.7. The number of carbonyl (C=O) groups is 1. The lowest BCUT2D eigenvalue weighted by Crippen LogP contribution is -2.49. The largest absolute Gasteiger partial charge is 0.480 e. The molecule has 5 nitrogen and oxygen atoms in total. The molecule has 2 rings (SSSR count). The van der Waals surface area contributed by atoms with Crippen LogP contribution in [0.1, 0.15) is 26.2 Å². The average Bonchev–Trinajstić information content (AvgIpc) is 2.46. The first-order valence-electron chi connectivity index (χ1n) is 6.87. The quantitative estimate of drug-likeness (QED) is 0.920. The highest BCUT2D eigenvalue weighted by atomic mass is 35.5. The summed E-state index contributed by atoms with van der Waals surface area (Å²) in [6.07, 6.45) is 1.86. The van der Waals surface area contributed by atoms with Crippen LogP contribution in [-0.4, -0.2) is 36.4 Å². The van der Waals surface area contributed by atoms with Gasteiger partial charge in [0.2, 0.25) is 10.0 Å². The standard InChI is InChI=1S/C14H18ClNO4S/c1-2-10-7-8-16(12(9-10)14(17)18)21(19,20)13-6-4-3-5-11(13)15/h3-6,10,12H,2,7-9H2,1H3,(H,17,18). The molecule has 0 aromatic heterocycles. The van der Waals surface area contributed by atoms with E-state index in [1.165, 1.54) is 12.1 Å². The summed E-state index contributed by atoms with van der Waals surface area (Å²) in [5.74, 6) is -0.868. The van der Waals surface area contributed by atoms with Crippen LogP contribution >= 0.6 is 11.6 Å². The summed E-state index contributed by atoms with van der Waals surface area (Å²) >= 11 is 5.96. The van der Waals surface area contributed by atoms with Crippen molar-refractivity contribution >= 4 is 27.6 Å². The van der Waals surface area contributed by atoms with Crippen LogP contribution in [0.4, 0.5) is 0 Å². The van der Waals surface area contributed by atoms with E-state index in [4.69, 9.17) is 11.6 Å². The van der Waals surface area contributed by atoms with E-state index in [0.717, 1.165) is 10.7 Å². The molecule has 116 valence electrons. The molecule has 2 atom stereocenters. The molecule has 0 spiro atoms. The molecule has 2 unspecified atom stereocenters. The number of halogens is 1. The first-order valence-corrected chi connectivity index (χ1v) is 8.69. The Bertz CT molecular complexity index is 632. The van der Waals surface area contributed by atoms with E-state index >= 15 is 0 Å². The molecule has 1 fully saturated rings. The van der Waals surface area contributed by atoms with Gasteiger partial charge in [0.05, 0.1) is 5.02 Å². The van der Waals surface area contributed by atoms with Crippen molar-refractivity contribution in [3.8, 4) is 0 Å². The van der Waals surface area contributed by atoms with Crippen LogP contribution < -0.4 is 0 Å². The number of aliphatic carboxylic acids is 1. The summed E-state index contributed by atoms with van der Waals surface area (Å²) in [5.41, 5.74) is 0. The van der Waals surface area contributed by atoms with Gasteiger partial charge >= 0.3 is 5.97 Å². The normalized spacial score (nSPS) is 23.9. The molecule has 0 bridgehead atoms. The lowest BCUT2D eigenvalue weighted by molar-refractivity contribution is -0.143. The third-order valence-electron chi connectivity index (χ3n) is 3.95. The minimum absolute atomic E-state index is 0.0344. The van der Waals surface area contributed by atoms with E-state index < -0.39 is 22.0 Å². The van der Waals surface area contributed by atoms with Crippen molar-refractivity contribution < 1.29 is 18.3 Å². The minimum Gasteiger partial charge on any atom is -0.480 e. The van der Waals surface area contributed by atoms with Crippen LogP contribution in [0.2, 0.25) is 5.02 Å². The molecule has 0 saturated carbocycles. The van der Waals surface area contributed by atoms with Gasteiger partial charge in [0.25, 0.3) is 0 Å². The van der Waals surface area contributed by atoms with E-state index in [0.29, 0.717) is 12.8 Å². The zero-order valence-corrected chi connectivity index (χ0v) is 13.3. The predicted octanol–water partition coefficient (Wildman–Crippen LogP) is 2.60. The van der Waals surface area contributed by atoms with Crippen LogP contribution in [0, 0.1) is 5.92 Å². The summed E-state index contributed by atoms with van der Waals surface area (Å²) in [7, 11) is -3.90. The van der Waals surface area contributed by atoms with Crippen molar-refractivity contribution in [2.45, 2.75) is 37.1 Å². The molecule has 7 heteroatoms. The monoisotopic (exact) mass is 331 g/mol. The van der Waals surface area contributed by atoms with Gasteiger partial charge in [0.1, 0.15) is 10.9 Å². The van der Waals surface area contributed by atoms with Gasteiger partial charge in [-0.2, -0.15) is 4.31 Å². The number of carboxylic acids is 1. The number of nitrogens with zero attached hydrogens (tertiary/aromatic N) is 1. The van der Waals surface area contributed by atoms with Crippen LogP contribution in [0.3, 0.4) is 0 Å². The van der Waals surface area contributed by atoms with Crippen LogP contribution in [0.25, 0.3) is 0 Å². The Hall–Kier alpha value is -1.11. The summed E-state index contributed by atoms with van der Waals surface area (Å²) in [4.78, 5) is 11.4. The second kappa shape index (κ2) is 6.34. The molecule has 1 saturated heterocycles. The maximum Gasteiger partial charge on any atom is 0.322 e. The summed E-state index contributed by atoms with van der Waals surface area (Å²) in [6.45, 7) is 2.20. The number of carboxylic acid groups (broad SMARTS) is 1. The highest BCUT2D eigenvalue weighted by Crippen LogP contribution is 2.32. The van der Waals surface area contributed by atoms with E-state index in [-0.39, 0.29) is 22.4 Å². The predicted molar refractivity (Wildman–Crippen MR) is 79.8 cm³/mol. The first kappa shape index (κ1) is 16.3. The molecule has 0 aliphatic carbocycles. The van der Waals surface area contributed by atoms with Crippen LogP contribution in [0.15, 0.2) is 29.2 Å². The Labute approximate surface area is 129 Å². The fraction of sp³-hybridized carbons (Fsp3) is 0.500. The van der Waals surface area contributed by atoms with Crippen molar-refractivity contribution in [1.29, 1.82) is 0 Å². The summed E-state index contributed by atoms with van der Waals surface area (Å²) < 4.78 is 26.5. The van der Waals surface area contributed by atoms with Crippen molar-refractivity contribution in [3.05, 3.63) is 29.3 Å². The fourth-order valence-electron chi connectivity index (χ4n) is 2.68. The molecule has 21 heavy (non-hydrogen) atoms. The lowest BCUT2D eigenvalue weighted by atomic mass is 9.90. The molecule has 1 heterocycles. The van der Waals surface area contributed by atoms with Gasteiger partial charge < -0.3 is 5.11 Å². The van der Waals surface area contributed by atoms with Crippen LogP contribution in [0.5, 0.6) is 0 Å². The SMILES string of the molecule is CCC1CCN(S(=O)(=O)c2ccccc2Cl)C(C(=O)O)C1. The molecule has 0 radical (unpaired) electrons. The van der Waals surface area contributed by atoms with E-state index in [1.807, 2.05) is 6.92 Å². The van der Waals surface area contributed by atoms with Crippen molar-refractivity contribution in [1.82, 2.24) is 4.31 Å². The molecule has 1 N–H and O–H groups in total. The number of rotatable bonds is 4. The van der Waals surface area contributed by atoms with E-state index in [1.54, 1.807) is 12.1 Å². The van der Waals surface area contributed by atoms with Crippen molar-refractivity contribution in [2.24, 2.45) is 5.92 Å². The van der Waals surface area contributed by atoms with E-state index in [2.05, 4.69) is 0 Å². The Morgan fingerprint density at radius 3 is 2.67 bits per heavy atom. The van der Waals surface area contributed by atoms with Gasteiger partial charge in [0.15, 0.2) is 0 Å². The highest BCUT2D eigenvalue weighted by Gasteiger charge is 2.40. The van der Waals surface area contributed by atoms with E-state index in [9.17, 15) is 18.3 Å². The average molecular weight is 332 g/mol. The smallest absolute Gasteiger partial charge is 0.322 e. The number of hydrogen-bond acceptors (Lipinski definition) is 3. The first-order chi connectivity index (χ1) is 9.87. The Morgan fingerprint density at radius 1 is 1.43 bits per heavy atom. The van der Waals surface area contributed by atoms with Crippen LogP contribution in [-0.2, 0) is 14.8 Å². The lowest BCUT2D eigenvalue weighted by Gasteiger charge is -2.36. The van der Waals surface area contributed by atoms with Gasteiger partial charge in [-0.25, -0.2) is 8.42 Å². The Kier molecular flexibility index (Phi) is 4.91. The molecule has 1 aliphatic rings.